The highest BCUT2D eigenvalue weighted by Gasteiger charge is 2.37. The summed E-state index contributed by atoms with van der Waals surface area (Å²) in [6.45, 7) is 5.96. The first-order valence-corrected chi connectivity index (χ1v) is 26.8. The van der Waals surface area contributed by atoms with Gasteiger partial charge < -0.3 is 39.2 Å². The number of rotatable bonds is 19. The van der Waals surface area contributed by atoms with Crippen molar-refractivity contribution in [3.8, 4) is 11.5 Å². The molecule has 0 fully saturated rings. The van der Waals surface area contributed by atoms with Gasteiger partial charge in [-0.2, -0.15) is 0 Å². The number of anilines is 2. The van der Waals surface area contributed by atoms with Crippen LogP contribution in [-0.4, -0.2) is 107 Å². The van der Waals surface area contributed by atoms with Crippen LogP contribution in [0.2, 0.25) is 0 Å². The molecule has 0 spiro atoms. The van der Waals surface area contributed by atoms with Crippen molar-refractivity contribution in [2.75, 3.05) is 82.2 Å². The molecule has 11 rings (SSSR count). The van der Waals surface area contributed by atoms with Crippen molar-refractivity contribution in [1.82, 2.24) is 9.89 Å². The molecule has 0 unspecified atom stereocenters. The second kappa shape index (κ2) is 22.3. The number of aromatic carboxylic acids is 1. The number of hydrogen-bond acceptors (Lipinski definition) is 10. The molecule has 0 saturated heterocycles. The Morgan fingerprint density at radius 3 is 2.16 bits per heavy atom. The largest absolute Gasteiger partial charge is 0.478 e. The van der Waals surface area contributed by atoms with E-state index in [1.165, 1.54) is 39.4 Å². The number of carbonyl (C=O) groups is 5. The lowest BCUT2D eigenvalue weighted by molar-refractivity contribution is -0.137. The number of hydrogen-bond donors (Lipinski definition) is 2. The Bertz CT molecular complexity index is 3280. The van der Waals surface area contributed by atoms with Gasteiger partial charge in [-0.05, 0) is 96.7 Å². The minimum absolute atomic E-state index is 0.0521. The van der Waals surface area contributed by atoms with Gasteiger partial charge in [-0.1, -0.05) is 60.7 Å². The first-order chi connectivity index (χ1) is 36.7. The second-order valence-electron chi connectivity index (χ2n) is 20.2. The van der Waals surface area contributed by atoms with Crippen molar-refractivity contribution in [3.05, 3.63) is 151 Å². The van der Waals surface area contributed by atoms with Crippen molar-refractivity contribution >= 4 is 58.5 Å². The number of carboxylic acid groups (broad SMARTS) is 1. The van der Waals surface area contributed by atoms with Crippen LogP contribution in [0.1, 0.15) is 116 Å². The lowest BCUT2D eigenvalue weighted by Crippen LogP contribution is -2.45. The molecule has 5 aromatic carbocycles. The normalized spacial score (nSPS) is 16.2. The molecular weight excluding hydrogens is 949 g/mol. The van der Waals surface area contributed by atoms with E-state index < -0.39 is 23.4 Å². The van der Waals surface area contributed by atoms with E-state index in [2.05, 4.69) is 26.9 Å². The van der Waals surface area contributed by atoms with Crippen molar-refractivity contribution in [3.63, 3.8) is 0 Å². The van der Waals surface area contributed by atoms with Crippen molar-refractivity contribution in [1.29, 1.82) is 0 Å². The van der Waals surface area contributed by atoms with Gasteiger partial charge in [0.2, 0.25) is 17.0 Å². The number of benzene rings is 5. The third kappa shape index (κ3) is 10.3. The van der Waals surface area contributed by atoms with Crippen LogP contribution in [0.15, 0.2) is 78.9 Å². The minimum atomic E-state index is -1.11. The van der Waals surface area contributed by atoms with E-state index in [9.17, 15) is 29.1 Å². The number of Topliss-reactive ketones (excluding diaryl/α,β-unsaturated/α-hetero) is 2. The van der Waals surface area contributed by atoms with Crippen LogP contribution in [-0.2, 0) is 60.8 Å². The molecule has 386 valence electrons. The summed E-state index contributed by atoms with van der Waals surface area (Å²) in [5.74, 6) is -1.21. The SMILES string of the molecule is O=C(CCOCCOCCOCCNC(=O)c1ccc(C2=c3cc4c5c(c3Oc3c2cc2c6c3CCCN6CCC2)CCC[N+]=5CCC4)c(C(=O)O)c1)C(=O)CCC(=O)N1Cc2ccccc2/C=C\c2ccccc21. The maximum absolute atomic E-state index is 13.5. The fourth-order valence-electron chi connectivity index (χ4n) is 11.9. The number of nitrogens with one attached hydrogen (secondary N) is 1. The van der Waals surface area contributed by atoms with E-state index >= 15 is 0 Å². The fraction of sp³-hybridized carbons (Fsp3) is 0.377. The first kappa shape index (κ1) is 49.9. The van der Waals surface area contributed by atoms with Gasteiger partial charge in [0, 0.05) is 90.5 Å². The topological polar surface area (TPSA) is 164 Å². The Hall–Kier alpha value is -7.26. The van der Waals surface area contributed by atoms with Crippen LogP contribution in [0, 0.1) is 0 Å². The smallest absolute Gasteiger partial charge is 0.336 e. The van der Waals surface area contributed by atoms with E-state index in [-0.39, 0.29) is 82.5 Å². The van der Waals surface area contributed by atoms with Crippen LogP contribution in [0.25, 0.3) is 17.7 Å². The van der Waals surface area contributed by atoms with Gasteiger partial charge in [0.1, 0.15) is 24.6 Å². The van der Waals surface area contributed by atoms with E-state index in [0.717, 1.165) is 128 Å². The number of para-hydroxylation sites is 1. The van der Waals surface area contributed by atoms with Crippen molar-refractivity contribution in [2.45, 2.75) is 77.2 Å². The summed E-state index contributed by atoms with van der Waals surface area (Å²) in [5.41, 5.74) is 12.7. The summed E-state index contributed by atoms with van der Waals surface area (Å²) in [7, 11) is 0. The number of amides is 2. The molecule has 75 heavy (non-hydrogen) atoms. The number of carbonyl (C=O) groups excluding carboxylic acids is 4. The molecule has 6 heterocycles. The number of ketones is 2. The predicted octanol–water partition coefficient (Wildman–Crippen LogP) is 6.63. The molecule has 2 amide bonds. The molecule has 14 nitrogen and oxygen atoms in total. The van der Waals surface area contributed by atoms with Gasteiger partial charge in [0.15, 0.2) is 5.78 Å². The molecule has 6 aliphatic heterocycles. The van der Waals surface area contributed by atoms with Crippen molar-refractivity contribution in [2.24, 2.45) is 0 Å². The van der Waals surface area contributed by atoms with Crippen LogP contribution in [0.4, 0.5) is 11.4 Å². The Kier molecular flexibility index (Phi) is 14.8. The Morgan fingerprint density at radius 2 is 1.33 bits per heavy atom. The van der Waals surface area contributed by atoms with Gasteiger partial charge in [-0.15, -0.1) is 0 Å². The third-order valence-electron chi connectivity index (χ3n) is 15.5. The van der Waals surface area contributed by atoms with Crippen LogP contribution in [0.5, 0.6) is 11.5 Å². The van der Waals surface area contributed by atoms with E-state index in [1.54, 1.807) is 17.0 Å². The quantitative estimate of drug-likeness (QED) is 0.0509. The summed E-state index contributed by atoms with van der Waals surface area (Å²) >= 11 is 0. The summed E-state index contributed by atoms with van der Waals surface area (Å²) in [6, 6.07) is 25.0. The Balaban J connectivity index is 0.648. The molecule has 0 radical (unpaired) electrons. The lowest BCUT2D eigenvalue weighted by Gasteiger charge is -2.39. The maximum atomic E-state index is 13.5. The zero-order chi connectivity index (χ0) is 51.4. The van der Waals surface area contributed by atoms with Gasteiger partial charge in [0.05, 0.1) is 63.0 Å². The molecule has 0 bridgehead atoms. The lowest BCUT2D eigenvalue weighted by atomic mass is 9.81. The van der Waals surface area contributed by atoms with E-state index in [1.807, 2.05) is 60.7 Å². The van der Waals surface area contributed by atoms with Crippen LogP contribution >= 0.6 is 0 Å². The minimum Gasteiger partial charge on any atom is -0.478 e. The maximum Gasteiger partial charge on any atom is 0.336 e. The predicted molar refractivity (Wildman–Crippen MR) is 285 cm³/mol. The van der Waals surface area contributed by atoms with Gasteiger partial charge in [0.25, 0.3) is 5.91 Å². The van der Waals surface area contributed by atoms with Gasteiger partial charge in [-0.3, -0.25) is 19.2 Å². The summed E-state index contributed by atoms with van der Waals surface area (Å²) in [5, 5.41) is 15.9. The van der Waals surface area contributed by atoms with Crippen LogP contribution in [0.3, 0.4) is 0 Å². The molecule has 14 heteroatoms. The monoisotopic (exact) mass is 1010 g/mol. The standard InChI is InChI=1S/C61H62N4O10/c66-52(21-22-54(68)65-38-44-11-2-1-9-39(44)17-18-40-10-3-4-16-51(40)65)53(67)23-29-72-31-33-74-34-32-73-30-24-62-60(69)43-19-20-45(48(37-43)61(70)71)55-49-35-41-12-5-25-63-27-7-14-46(56(41)63)58(49)75-59-47-15-8-28-64-26-6-13-42(57(47)64)36-50(55)59/h1-4,9-11,16-20,35-37H,5-8,12-15,21-34,38H2,(H-,62,69,70,71)/p+1/b18-17-. The highest BCUT2D eigenvalue weighted by Crippen LogP contribution is 2.49. The average Bonchev–Trinajstić information content (AvgIpc) is 3.43. The number of fused-ring (bicyclic) bond motifs is 6. The molecule has 0 saturated carbocycles. The van der Waals surface area contributed by atoms with E-state index in [4.69, 9.17) is 18.9 Å². The van der Waals surface area contributed by atoms with Crippen LogP contribution < -0.4 is 35.0 Å². The fourth-order valence-corrected chi connectivity index (χ4v) is 11.9. The number of nitrogens with zero attached hydrogens (tertiary/aromatic N) is 3. The number of aryl methyl sites for hydroxylation is 2. The molecular formula is C61H63N4O10+. The van der Waals surface area contributed by atoms with Gasteiger partial charge >= 0.3 is 5.97 Å². The molecule has 0 aromatic heterocycles. The molecule has 5 aromatic rings. The third-order valence-corrected chi connectivity index (χ3v) is 15.5. The molecule has 0 atom stereocenters. The highest BCUT2D eigenvalue weighted by atomic mass is 16.5. The second-order valence-corrected chi connectivity index (χ2v) is 20.2. The zero-order valence-electron chi connectivity index (χ0n) is 42.4. The summed E-state index contributed by atoms with van der Waals surface area (Å²) in [6.07, 6.45) is 11.6. The first-order valence-electron chi connectivity index (χ1n) is 26.8. The van der Waals surface area contributed by atoms with Crippen molar-refractivity contribution < 1.29 is 48.0 Å². The highest BCUT2D eigenvalue weighted by molar-refractivity contribution is 6.37. The number of ether oxygens (including phenoxy) is 4. The number of carboxylic acids is 1. The Labute approximate surface area is 436 Å². The Morgan fingerprint density at radius 1 is 0.640 bits per heavy atom. The van der Waals surface area contributed by atoms with E-state index in [0.29, 0.717) is 12.1 Å². The molecule has 2 N–H and O–H groups in total. The molecule has 6 aliphatic rings. The summed E-state index contributed by atoms with van der Waals surface area (Å²) < 4.78 is 26.5. The molecule has 0 aliphatic carbocycles. The van der Waals surface area contributed by atoms with Gasteiger partial charge in [-0.25, -0.2) is 9.37 Å². The average molecular weight is 1010 g/mol. The summed E-state index contributed by atoms with van der Waals surface area (Å²) in [4.78, 5) is 69.8. The zero-order valence-corrected chi connectivity index (χ0v) is 42.4.